The summed E-state index contributed by atoms with van der Waals surface area (Å²) in [6.45, 7) is 1.70. The summed E-state index contributed by atoms with van der Waals surface area (Å²) < 4.78 is 0. The Kier molecular flexibility index (Phi) is 11.0. The number of carbonyl (C=O) groups is 2. The number of nitrogen functional groups attached to an aromatic ring is 1. The van der Waals surface area contributed by atoms with E-state index in [1.54, 1.807) is 0 Å². The van der Waals surface area contributed by atoms with Crippen molar-refractivity contribution in [2.45, 2.75) is 95.6 Å². The molecule has 1 aromatic rings. The van der Waals surface area contributed by atoms with Crippen molar-refractivity contribution in [2.75, 3.05) is 13.1 Å². The topological polar surface area (TPSA) is 170 Å². The average Bonchev–Trinajstić information content (AvgIpc) is 2.98. The minimum atomic E-state index is -0.623. The fourth-order valence-corrected chi connectivity index (χ4v) is 7.08. The highest BCUT2D eigenvalue weighted by molar-refractivity contribution is 5.95. The van der Waals surface area contributed by atoms with Crippen LogP contribution in [0, 0.1) is 34.5 Å². The van der Waals surface area contributed by atoms with Crippen LogP contribution in [-0.2, 0) is 16.0 Å². The Labute approximate surface area is 239 Å². The van der Waals surface area contributed by atoms with Gasteiger partial charge in [0.1, 0.15) is 17.7 Å². The summed E-state index contributed by atoms with van der Waals surface area (Å²) in [6, 6.07) is 6.47. The number of amidine groups is 2. The van der Waals surface area contributed by atoms with Crippen LogP contribution in [0.3, 0.4) is 0 Å². The standard InChI is InChI=1S/C31H49N7O2/c32-28(33)24-13-11-20(12-14-24)19-25(21-7-3-1-4-8-21)30(39)38-27(22-9-5-2-6-10-22)31(40)37-26(29(34)35)23-15-17-36-18-16-23/h11-14,21-23,25-27,36H,1-10,15-19H2,(H3,32,33)(H3,34,35)(H,37,40)(H,38,39). The van der Waals surface area contributed by atoms with Gasteiger partial charge in [0.05, 0.1) is 6.04 Å². The van der Waals surface area contributed by atoms with Crippen LogP contribution in [0.15, 0.2) is 24.3 Å². The molecule has 2 saturated carbocycles. The van der Waals surface area contributed by atoms with E-state index in [-0.39, 0.29) is 47.2 Å². The second-order valence-electron chi connectivity index (χ2n) is 12.2. The SMILES string of the molecule is N=C(N)c1ccc(CC(C(=O)NC(C(=O)NC(C(=N)N)C2CCNCC2)C2CCCCC2)C2CCCCC2)cc1. The van der Waals surface area contributed by atoms with Crippen LogP contribution in [0.25, 0.3) is 0 Å². The van der Waals surface area contributed by atoms with Gasteiger partial charge in [-0.1, -0.05) is 62.8 Å². The molecule has 220 valence electrons. The Morgan fingerprint density at radius 3 is 1.82 bits per heavy atom. The Hall–Kier alpha value is -2.94. The normalized spacial score (nSPS) is 21.6. The number of nitrogens with one attached hydrogen (secondary N) is 5. The van der Waals surface area contributed by atoms with Crippen molar-refractivity contribution in [3.8, 4) is 0 Å². The van der Waals surface area contributed by atoms with E-state index in [4.69, 9.17) is 22.3 Å². The Morgan fingerprint density at radius 1 is 0.750 bits per heavy atom. The monoisotopic (exact) mass is 551 g/mol. The highest BCUT2D eigenvalue weighted by Gasteiger charge is 2.37. The summed E-state index contributed by atoms with van der Waals surface area (Å²) in [7, 11) is 0. The number of carbonyl (C=O) groups excluding carboxylic acids is 2. The molecule has 1 saturated heterocycles. The van der Waals surface area contributed by atoms with Gasteiger partial charge in [0.15, 0.2) is 0 Å². The number of hydrogen-bond donors (Lipinski definition) is 7. The first-order valence-corrected chi connectivity index (χ1v) is 15.4. The summed E-state index contributed by atoms with van der Waals surface area (Å²) in [4.78, 5) is 27.9. The number of hydrogen-bond acceptors (Lipinski definition) is 5. The van der Waals surface area contributed by atoms with Crippen LogP contribution in [0.1, 0.15) is 88.2 Å². The summed E-state index contributed by atoms with van der Waals surface area (Å²) in [5.41, 5.74) is 13.3. The fraction of sp³-hybridized carbons (Fsp3) is 0.677. The van der Waals surface area contributed by atoms with Gasteiger partial charge in [0.2, 0.25) is 11.8 Å². The Bertz CT molecular complexity index is 1010. The van der Waals surface area contributed by atoms with E-state index >= 15 is 0 Å². The molecule has 9 N–H and O–H groups in total. The fourth-order valence-electron chi connectivity index (χ4n) is 7.08. The molecule has 2 amide bonds. The molecule has 2 aliphatic carbocycles. The quantitative estimate of drug-likeness (QED) is 0.165. The van der Waals surface area contributed by atoms with Gasteiger partial charge in [-0.15, -0.1) is 0 Å². The summed E-state index contributed by atoms with van der Waals surface area (Å²) in [6.07, 6.45) is 12.9. The van der Waals surface area contributed by atoms with E-state index < -0.39 is 12.1 Å². The van der Waals surface area contributed by atoms with Gasteiger partial charge < -0.3 is 27.4 Å². The van der Waals surface area contributed by atoms with Crippen molar-refractivity contribution in [3.05, 3.63) is 35.4 Å². The van der Waals surface area contributed by atoms with Crippen LogP contribution in [0.5, 0.6) is 0 Å². The molecule has 0 bridgehead atoms. The molecule has 0 radical (unpaired) electrons. The summed E-state index contributed by atoms with van der Waals surface area (Å²) >= 11 is 0. The van der Waals surface area contributed by atoms with Crippen LogP contribution in [-0.4, -0.2) is 48.7 Å². The lowest BCUT2D eigenvalue weighted by Gasteiger charge is -2.36. The lowest BCUT2D eigenvalue weighted by Crippen LogP contribution is -2.59. The zero-order valence-electron chi connectivity index (χ0n) is 23.9. The third-order valence-corrected chi connectivity index (χ3v) is 9.47. The van der Waals surface area contributed by atoms with E-state index in [1.807, 2.05) is 24.3 Å². The number of nitrogens with two attached hydrogens (primary N) is 2. The van der Waals surface area contributed by atoms with Gasteiger partial charge in [-0.05, 0) is 81.4 Å². The second kappa shape index (κ2) is 14.6. The number of piperidine rings is 1. The molecule has 40 heavy (non-hydrogen) atoms. The average molecular weight is 552 g/mol. The molecular formula is C31H49N7O2. The lowest BCUT2D eigenvalue weighted by atomic mass is 9.76. The summed E-state index contributed by atoms with van der Waals surface area (Å²) in [5, 5.41) is 25.6. The molecule has 3 unspecified atom stereocenters. The first-order valence-electron chi connectivity index (χ1n) is 15.4. The van der Waals surface area contributed by atoms with Crippen LogP contribution in [0.4, 0.5) is 0 Å². The third-order valence-electron chi connectivity index (χ3n) is 9.47. The molecule has 9 heteroatoms. The van der Waals surface area contributed by atoms with Gasteiger partial charge in [0.25, 0.3) is 0 Å². The van der Waals surface area contributed by atoms with E-state index in [9.17, 15) is 9.59 Å². The van der Waals surface area contributed by atoms with Crippen LogP contribution in [0.2, 0.25) is 0 Å². The summed E-state index contributed by atoms with van der Waals surface area (Å²) in [5.74, 6) is 0.0255. The maximum atomic E-state index is 14.1. The smallest absolute Gasteiger partial charge is 0.243 e. The molecular weight excluding hydrogens is 502 g/mol. The molecule has 1 aliphatic heterocycles. The van der Waals surface area contributed by atoms with Crippen molar-refractivity contribution in [3.63, 3.8) is 0 Å². The van der Waals surface area contributed by atoms with Crippen molar-refractivity contribution < 1.29 is 9.59 Å². The maximum absolute atomic E-state index is 14.1. The predicted molar refractivity (Wildman–Crippen MR) is 159 cm³/mol. The van der Waals surface area contributed by atoms with Crippen LogP contribution >= 0.6 is 0 Å². The number of rotatable bonds is 11. The molecule has 3 aliphatic rings. The Balaban J connectivity index is 1.53. The molecule has 1 aromatic carbocycles. The molecule has 4 rings (SSSR count). The van der Waals surface area contributed by atoms with Crippen LogP contribution < -0.4 is 27.4 Å². The Morgan fingerprint density at radius 2 is 1.27 bits per heavy atom. The minimum absolute atomic E-state index is 0.0111. The van der Waals surface area contributed by atoms with Crippen molar-refractivity contribution in [2.24, 2.45) is 35.1 Å². The van der Waals surface area contributed by atoms with Crippen molar-refractivity contribution >= 4 is 23.5 Å². The highest BCUT2D eigenvalue weighted by Crippen LogP contribution is 2.33. The van der Waals surface area contributed by atoms with Gasteiger partial charge in [0, 0.05) is 11.5 Å². The van der Waals surface area contributed by atoms with Crippen molar-refractivity contribution in [1.29, 1.82) is 10.8 Å². The number of amides is 2. The molecule has 3 atom stereocenters. The minimum Gasteiger partial charge on any atom is -0.386 e. The van der Waals surface area contributed by atoms with Gasteiger partial charge in [-0.3, -0.25) is 20.4 Å². The molecule has 1 heterocycles. The largest absolute Gasteiger partial charge is 0.386 e. The highest BCUT2D eigenvalue weighted by atomic mass is 16.2. The van der Waals surface area contributed by atoms with E-state index in [1.165, 1.54) is 6.42 Å². The zero-order chi connectivity index (χ0) is 28.5. The molecule has 0 spiro atoms. The molecule has 0 aromatic heterocycles. The van der Waals surface area contributed by atoms with Gasteiger partial charge in [-0.25, -0.2) is 0 Å². The third kappa shape index (κ3) is 8.05. The zero-order valence-corrected chi connectivity index (χ0v) is 23.9. The lowest BCUT2D eigenvalue weighted by molar-refractivity contribution is -0.134. The molecule has 9 nitrogen and oxygen atoms in total. The first kappa shape index (κ1) is 30.0. The second-order valence-corrected chi connectivity index (χ2v) is 12.2. The van der Waals surface area contributed by atoms with Crippen molar-refractivity contribution in [1.82, 2.24) is 16.0 Å². The first-order chi connectivity index (χ1) is 19.3. The van der Waals surface area contributed by atoms with Gasteiger partial charge >= 0.3 is 0 Å². The number of benzene rings is 1. The van der Waals surface area contributed by atoms with E-state index in [0.29, 0.717) is 12.0 Å². The molecule has 3 fully saturated rings. The predicted octanol–water partition coefficient (Wildman–Crippen LogP) is 3.20. The maximum Gasteiger partial charge on any atom is 0.243 e. The van der Waals surface area contributed by atoms with E-state index in [0.717, 1.165) is 89.3 Å². The van der Waals surface area contributed by atoms with Gasteiger partial charge in [-0.2, -0.15) is 0 Å². The van der Waals surface area contributed by atoms with E-state index in [2.05, 4.69) is 16.0 Å².